The molecule has 1 N–H and O–H groups in total. The van der Waals surface area contributed by atoms with Crippen LogP contribution in [0, 0.1) is 20.8 Å². The topological polar surface area (TPSA) is 63.6 Å². The minimum atomic E-state index is 0.528. The summed E-state index contributed by atoms with van der Waals surface area (Å²) in [5.41, 5.74) is 3.20. The molecule has 5 nitrogen and oxygen atoms in total. The van der Waals surface area contributed by atoms with E-state index >= 15 is 0 Å². The molecule has 2 heterocycles. The Morgan fingerprint density at radius 1 is 1.05 bits per heavy atom. The summed E-state index contributed by atoms with van der Waals surface area (Å²) >= 11 is 1.50. The van der Waals surface area contributed by atoms with Crippen LogP contribution in [0.5, 0.6) is 0 Å². The third-order valence-corrected chi connectivity index (χ3v) is 4.51. The van der Waals surface area contributed by atoms with Gasteiger partial charge in [-0.15, -0.1) is 0 Å². The van der Waals surface area contributed by atoms with Crippen molar-refractivity contribution in [3.8, 4) is 0 Å². The first-order chi connectivity index (χ1) is 10.1. The molecule has 0 saturated heterocycles. The third kappa shape index (κ3) is 3.15. The summed E-state index contributed by atoms with van der Waals surface area (Å²) in [6.45, 7) is 6.08. The summed E-state index contributed by atoms with van der Waals surface area (Å²) in [7, 11) is 1.88. The van der Waals surface area contributed by atoms with Gasteiger partial charge in [0.15, 0.2) is 5.16 Å². The van der Waals surface area contributed by atoms with Crippen LogP contribution in [0.15, 0.2) is 16.2 Å². The average molecular weight is 301 g/mol. The summed E-state index contributed by atoms with van der Waals surface area (Å²) in [5, 5.41) is 4.75. The van der Waals surface area contributed by atoms with Crippen LogP contribution < -0.4 is 5.32 Å². The largest absolute Gasteiger partial charge is 0.373 e. The molecule has 110 valence electrons. The van der Waals surface area contributed by atoms with Crippen LogP contribution in [0.3, 0.4) is 0 Å². The first-order valence-corrected chi connectivity index (χ1v) is 7.95. The van der Waals surface area contributed by atoms with E-state index < -0.39 is 0 Å². The Morgan fingerprint density at radius 3 is 2.29 bits per heavy atom. The number of nitrogens with zero attached hydrogens (tertiary/aromatic N) is 4. The second-order valence-corrected chi connectivity index (χ2v) is 6.37. The quantitative estimate of drug-likeness (QED) is 0.691. The predicted octanol–water partition coefficient (Wildman–Crippen LogP) is 3.26. The van der Waals surface area contributed by atoms with E-state index in [-0.39, 0.29) is 0 Å². The number of hydrogen-bond donors (Lipinski definition) is 1. The van der Waals surface area contributed by atoms with Crippen LogP contribution in [-0.4, -0.2) is 27.0 Å². The highest BCUT2D eigenvalue weighted by molar-refractivity contribution is 7.99. The van der Waals surface area contributed by atoms with Gasteiger partial charge in [-0.2, -0.15) is 0 Å². The van der Waals surface area contributed by atoms with Crippen molar-refractivity contribution >= 4 is 17.6 Å². The lowest BCUT2D eigenvalue weighted by Crippen LogP contribution is -2.01. The lowest BCUT2D eigenvalue weighted by Gasteiger charge is -2.08. The zero-order valence-corrected chi connectivity index (χ0v) is 13.6. The predicted molar refractivity (Wildman–Crippen MR) is 83.9 cm³/mol. The fourth-order valence-electron chi connectivity index (χ4n) is 2.03. The smallest absolute Gasteiger partial charge is 0.194 e. The fourth-order valence-corrected chi connectivity index (χ4v) is 2.89. The number of aryl methyl sites for hydroxylation is 2. The molecule has 1 aliphatic rings. The van der Waals surface area contributed by atoms with Crippen LogP contribution in [0.4, 0.5) is 5.82 Å². The van der Waals surface area contributed by atoms with Gasteiger partial charge in [0.25, 0.3) is 0 Å². The van der Waals surface area contributed by atoms with Crippen LogP contribution in [0.25, 0.3) is 0 Å². The zero-order valence-electron chi connectivity index (χ0n) is 12.8. The van der Waals surface area contributed by atoms with Crippen molar-refractivity contribution in [2.75, 3.05) is 12.4 Å². The van der Waals surface area contributed by atoms with Crippen molar-refractivity contribution in [2.24, 2.45) is 0 Å². The fraction of sp³-hybridized carbons (Fsp3) is 0.467. The Labute approximate surface area is 129 Å². The van der Waals surface area contributed by atoms with Gasteiger partial charge >= 0.3 is 0 Å². The summed E-state index contributed by atoms with van der Waals surface area (Å²) in [4.78, 5) is 18.3. The van der Waals surface area contributed by atoms with Crippen LogP contribution in [0.2, 0.25) is 0 Å². The SMILES string of the molecule is CNc1cc(Sc2nc(C)c(C)c(C)n2)nc(C2CC2)n1. The molecular formula is C15H19N5S. The number of aromatic nitrogens is 4. The van der Waals surface area contributed by atoms with Crippen molar-refractivity contribution < 1.29 is 0 Å². The molecule has 2 aromatic heterocycles. The maximum absolute atomic E-state index is 4.65. The van der Waals surface area contributed by atoms with Gasteiger partial charge in [-0.25, -0.2) is 19.9 Å². The van der Waals surface area contributed by atoms with Gasteiger partial charge in [-0.05, 0) is 50.9 Å². The van der Waals surface area contributed by atoms with Gasteiger partial charge in [0.2, 0.25) is 0 Å². The first kappa shape index (κ1) is 14.3. The molecule has 0 unspecified atom stereocenters. The van der Waals surface area contributed by atoms with Gasteiger partial charge in [0.05, 0.1) is 0 Å². The molecule has 1 saturated carbocycles. The lowest BCUT2D eigenvalue weighted by molar-refractivity contribution is 0.860. The van der Waals surface area contributed by atoms with E-state index in [0.717, 1.165) is 38.8 Å². The number of nitrogens with one attached hydrogen (secondary N) is 1. The lowest BCUT2D eigenvalue weighted by atomic mass is 10.2. The molecule has 0 aliphatic heterocycles. The minimum Gasteiger partial charge on any atom is -0.373 e. The monoisotopic (exact) mass is 301 g/mol. The van der Waals surface area contributed by atoms with Crippen LogP contribution in [0.1, 0.15) is 41.5 Å². The number of anilines is 1. The van der Waals surface area contributed by atoms with Crippen LogP contribution in [-0.2, 0) is 0 Å². The highest BCUT2D eigenvalue weighted by Gasteiger charge is 2.27. The van der Waals surface area contributed by atoms with E-state index in [1.165, 1.54) is 24.6 Å². The van der Waals surface area contributed by atoms with E-state index in [4.69, 9.17) is 0 Å². The van der Waals surface area contributed by atoms with E-state index in [1.54, 1.807) is 0 Å². The van der Waals surface area contributed by atoms with E-state index in [0.29, 0.717) is 5.92 Å². The first-order valence-electron chi connectivity index (χ1n) is 7.13. The Balaban J connectivity index is 1.92. The van der Waals surface area contributed by atoms with Gasteiger partial charge in [0, 0.05) is 30.4 Å². The second-order valence-electron chi connectivity index (χ2n) is 5.38. The van der Waals surface area contributed by atoms with Gasteiger partial charge in [0.1, 0.15) is 16.7 Å². The van der Waals surface area contributed by atoms with Gasteiger partial charge in [-0.1, -0.05) is 0 Å². The van der Waals surface area contributed by atoms with Crippen LogP contribution >= 0.6 is 11.8 Å². The molecule has 3 rings (SSSR count). The molecule has 21 heavy (non-hydrogen) atoms. The molecule has 0 atom stereocenters. The number of hydrogen-bond acceptors (Lipinski definition) is 6. The van der Waals surface area contributed by atoms with Gasteiger partial charge in [-0.3, -0.25) is 0 Å². The Morgan fingerprint density at radius 2 is 1.71 bits per heavy atom. The summed E-state index contributed by atoms with van der Waals surface area (Å²) in [5.74, 6) is 2.32. The standard InChI is InChI=1S/C15H19N5S/c1-8-9(2)17-15(18-10(8)3)21-13-7-12(16-4)19-14(20-13)11-5-6-11/h7,11H,5-6H2,1-4H3,(H,16,19,20). The van der Waals surface area contributed by atoms with E-state index in [9.17, 15) is 0 Å². The summed E-state index contributed by atoms with van der Waals surface area (Å²) in [6, 6.07) is 1.95. The normalized spacial score (nSPS) is 14.3. The molecule has 1 fully saturated rings. The van der Waals surface area contributed by atoms with E-state index in [1.807, 2.05) is 33.9 Å². The molecule has 2 aromatic rings. The average Bonchev–Trinajstić information content (AvgIpc) is 3.29. The third-order valence-electron chi connectivity index (χ3n) is 3.73. The molecule has 0 amide bonds. The number of rotatable bonds is 4. The van der Waals surface area contributed by atoms with Crippen molar-refractivity contribution in [1.82, 2.24) is 19.9 Å². The molecule has 1 aliphatic carbocycles. The maximum Gasteiger partial charge on any atom is 0.194 e. The second kappa shape index (κ2) is 5.60. The van der Waals surface area contributed by atoms with Gasteiger partial charge < -0.3 is 5.32 Å². The highest BCUT2D eigenvalue weighted by Crippen LogP contribution is 2.39. The minimum absolute atomic E-state index is 0.528. The summed E-state index contributed by atoms with van der Waals surface area (Å²) < 4.78 is 0. The molecule has 0 spiro atoms. The molecule has 0 radical (unpaired) electrons. The van der Waals surface area contributed by atoms with Crippen molar-refractivity contribution in [3.05, 3.63) is 28.8 Å². The van der Waals surface area contributed by atoms with Crippen molar-refractivity contribution in [1.29, 1.82) is 0 Å². The maximum atomic E-state index is 4.65. The zero-order chi connectivity index (χ0) is 15.0. The Hall–Kier alpha value is -1.69. The van der Waals surface area contributed by atoms with E-state index in [2.05, 4.69) is 25.3 Å². The molecular weight excluding hydrogens is 282 g/mol. The Kier molecular flexibility index (Phi) is 3.80. The highest BCUT2D eigenvalue weighted by atomic mass is 32.2. The molecule has 0 bridgehead atoms. The summed E-state index contributed by atoms with van der Waals surface area (Å²) in [6.07, 6.45) is 2.38. The molecule has 0 aromatic carbocycles. The molecule has 6 heteroatoms. The van der Waals surface area contributed by atoms with Crippen molar-refractivity contribution in [2.45, 2.75) is 49.7 Å². The Bertz CT molecular complexity index is 659. The van der Waals surface area contributed by atoms with Crippen molar-refractivity contribution in [3.63, 3.8) is 0 Å².